The average molecular weight is 348 g/mol. The number of hydrogen-bond donors (Lipinski definition) is 3. The minimum Gasteiger partial charge on any atom is -0.393 e. The van der Waals surface area contributed by atoms with Crippen molar-refractivity contribution in [2.45, 2.75) is 6.92 Å². The number of rotatable bonds is 4. The van der Waals surface area contributed by atoms with E-state index in [9.17, 15) is 0 Å². The van der Waals surface area contributed by atoms with Crippen molar-refractivity contribution in [1.29, 1.82) is 0 Å². The minimum absolute atomic E-state index is 0.447. The molecule has 0 bridgehead atoms. The predicted octanol–water partition coefficient (Wildman–Crippen LogP) is 4.46. The second kappa shape index (κ2) is 6.37. The lowest BCUT2D eigenvalue weighted by atomic mass is 10.2. The van der Waals surface area contributed by atoms with Gasteiger partial charge in [0.2, 0.25) is 0 Å². The van der Waals surface area contributed by atoms with Crippen LogP contribution in [0.4, 0.5) is 28.1 Å². The van der Waals surface area contributed by atoms with E-state index in [1.807, 2.05) is 49.4 Å². The van der Waals surface area contributed by atoms with E-state index in [2.05, 4.69) is 31.7 Å². The summed E-state index contributed by atoms with van der Waals surface area (Å²) in [7, 11) is 0. The van der Waals surface area contributed by atoms with Gasteiger partial charge in [-0.25, -0.2) is 15.0 Å². The van der Waals surface area contributed by atoms with Gasteiger partial charge in [-0.05, 0) is 30.7 Å². The summed E-state index contributed by atoms with van der Waals surface area (Å²) >= 11 is 1.57. The Kier molecular flexibility index (Phi) is 3.91. The van der Waals surface area contributed by atoms with Crippen LogP contribution in [0, 0.1) is 6.92 Å². The number of thiazole rings is 1. The highest BCUT2D eigenvalue weighted by atomic mass is 32.1. The molecule has 0 radical (unpaired) electrons. The van der Waals surface area contributed by atoms with Gasteiger partial charge in [-0.2, -0.15) is 0 Å². The number of fused-ring (bicyclic) bond motifs is 1. The van der Waals surface area contributed by atoms with Gasteiger partial charge in [0.25, 0.3) is 0 Å². The Hall–Kier alpha value is -3.19. The average Bonchev–Trinajstić information content (AvgIpc) is 3.03. The maximum absolute atomic E-state index is 6.23. The second-order valence-electron chi connectivity index (χ2n) is 5.54. The zero-order chi connectivity index (χ0) is 17.2. The number of nitrogen functional groups attached to an aromatic ring is 1. The second-order valence-corrected chi connectivity index (χ2v) is 6.57. The van der Waals surface area contributed by atoms with Crippen LogP contribution in [0.3, 0.4) is 0 Å². The summed E-state index contributed by atoms with van der Waals surface area (Å²) in [6, 6.07) is 15.9. The molecule has 0 aliphatic rings. The molecule has 4 aromatic rings. The Bertz CT molecular complexity index is 1030. The summed E-state index contributed by atoms with van der Waals surface area (Å²) in [6.45, 7) is 2.05. The van der Waals surface area contributed by atoms with Gasteiger partial charge in [-0.1, -0.05) is 41.7 Å². The Morgan fingerprint density at radius 2 is 1.68 bits per heavy atom. The third-order valence-electron chi connectivity index (χ3n) is 3.77. The summed E-state index contributed by atoms with van der Waals surface area (Å²) in [5.74, 6) is 1.09. The number of anilines is 5. The predicted molar refractivity (Wildman–Crippen MR) is 104 cm³/mol. The van der Waals surface area contributed by atoms with Gasteiger partial charge in [0.15, 0.2) is 16.8 Å². The molecule has 0 aliphatic carbocycles. The lowest BCUT2D eigenvalue weighted by Crippen LogP contribution is -2.05. The van der Waals surface area contributed by atoms with E-state index >= 15 is 0 Å². The molecular formula is C18H16N6S. The van der Waals surface area contributed by atoms with E-state index in [0.717, 1.165) is 26.6 Å². The van der Waals surface area contributed by atoms with E-state index < -0.39 is 0 Å². The van der Waals surface area contributed by atoms with Crippen molar-refractivity contribution >= 4 is 49.7 Å². The van der Waals surface area contributed by atoms with Crippen molar-refractivity contribution in [3.8, 4) is 0 Å². The molecule has 2 aromatic heterocycles. The standard InChI is InChI=1S/C18H16N6S/c1-11-6-5-9-13-15(11)23-18(25-13)24-17-14(19)16(20-10-21-17)22-12-7-3-2-4-8-12/h2-10H,19H2,1H3,(H2,20,21,22,23,24). The van der Waals surface area contributed by atoms with Crippen molar-refractivity contribution in [2.24, 2.45) is 0 Å². The monoisotopic (exact) mass is 348 g/mol. The third-order valence-corrected chi connectivity index (χ3v) is 4.70. The summed E-state index contributed by atoms with van der Waals surface area (Å²) in [6.07, 6.45) is 1.47. The molecule has 124 valence electrons. The van der Waals surface area contributed by atoms with Gasteiger partial charge in [0.1, 0.15) is 12.0 Å². The zero-order valence-electron chi connectivity index (χ0n) is 13.5. The van der Waals surface area contributed by atoms with Gasteiger partial charge in [0.05, 0.1) is 10.2 Å². The Balaban J connectivity index is 1.64. The molecule has 4 N–H and O–H groups in total. The molecule has 6 nitrogen and oxygen atoms in total. The van der Waals surface area contributed by atoms with Crippen molar-refractivity contribution in [2.75, 3.05) is 16.4 Å². The van der Waals surface area contributed by atoms with Gasteiger partial charge in [-0.3, -0.25) is 0 Å². The number of nitrogens with two attached hydrogens (primary N) is 1. The normalized spacial score (nSPS) is 10.8. The fourth-order valence-electron chi connectivity index (χ4n) is 2.49. The highest BCUT2D eigenvalue weighted by Crippen LogP contribution is 2.32. The lowest BCUT2D eigenvalue weighted by molar-refractivity contribution is 1.17. The molecule has 2 heterocycles. The van der Waals surface area contributed by atoms with E-state index in [1.165, 1.54) is 6.33 Å². The smallest absolute Gasteiger partial charge is 0.189 e. The van der Waals surface area contributed by atoms with Gasteiger partial charge in [0, 0.05) is 5.69 Å². The van der Waals surface area contributed by atoms with Crippen LogP contribution >= 0.6 is 11.3 Å². The van der Waals surface area contributed by atoms with Crippen molar-refractivity contribution in [3.63, 3.8) is 0 Å². The number of nitrogens with one attached hydrogen (secondary N) is 2. The highest BCUT2D eigenvalue weighted by Gasteiger charge is 2.11. The highest BCUT2D eigenvalue weighted by molar-refractivity contribution is 7.22. The van der Waals surface area contributed by atoms with E-state index in [1.54, 1.807) is 11.3 Å². The van der Waals surface area contributed by atoms with Crippen LogP contribution in [0.5, 0.6) is 0 Å². The van der Waals surface area contributed by atoms with Crippen LogP contribution in [-0.2, 0) is 0 Å². The van der Waals surface area contributed by atoms with Crippen LogP contribution < -0.4 is 16.4 Å². The van der Waals surface area contributed by atoms with E-state index in [-0.39, 0.29) is 0 Å². The Labute approximate surface area is 148 Å². The summed E-state index contributed by atoms with van der Waals surface area (Å²) in [5, 5.41) is 7.16. The number of aromatic nitrogens is 3. The summed E-state index contributed by atoms with van der Waals surface area (Å²) < 4.78 is 1.12. The molecule has 0 fully saturated rings. The number of para-hydroxylation sites is 2. The fourth-order valence-corrected chi connectivity index (χ4v) is 3.44. The van der Waals surface area contributed by atoms with Crippen LogP contribution in [0.25, 0.3) is 10.2 Å². The van der Waals surface area contributed by atoms with Crippen LogP contribution in [0.15, 0.2) is 54.9 Å². The molecule has 25 heavy (non-hydrogen) atoms. The van der Waals surface area contributed by atoms with Crippen molar-refractivity contribution < 1.29 is 0 Å². The largest absolute Gasteiger partial charge is 0.393 e. The van der Waals surface area contributed by atoms with Crippen LogP contribution in [-0.4, -0.2) is 15.0 Å². The SMILES string of the molecule is Cc1cccc2sc(Nc3ncnc(Nc4ccccc4)c3N)nc12. The topological polar surface area (TPSA) is 88.8 Å². The molecular weight excluding hydrogens is 332 g/mol. The molecule has 2 aromatic carbocycles. The molecule has 4 rings (SSSR count). The van der Waals surface area contributed by atoms with E-state index in [4.69, 9.17) is 5.73 Å². The number of hydrogen-bond acceptors (Lipinski definition) is 7. The summed E-state index contributed by atoms with van der Waals surface area (Å²) in [5.41, 5.74) is 9.72. The molecule has 0 spiro atoms. The molecule has 0 amide bonds. The maximum Gasteiger partial charge on any atom is 0.189 e. The first kappa shape index (κ1) is 15.3. The van der Waals surface area contributed by atoms with Crippen molar-refractivity contribution in [3.05, 3.63) is 60.4 Å². The third kappa shape index (κ3) is 3.09. The molecule has 7 heteroatoms. The quantitative estimate of drug-likeness (QED) is 0.504. The lowest BCUT2D eigenvalue weighted by Gasteiger charge is -2.11. The van der Waals surface area contributed by atoms with Gasteiger partial charge >= 0.3 is 0 Å². The first-order chi connectivity index (χ1) is 12.2. The molecule has 0 aliphatic heterocycles. The number of aryl methyl sites for hydroxylation is 1. The van der Waals surface area contributed by atoms with Crippen LogP contribution in [0.1, 0.15) is 5.56 Å². The molecule has 0 saturated heterocycles. The number of benzene rings is 2. The Morgan fingerprint density at radius 3 is 2.44 bits per heavy atom. The van der Waals surface area contributed by atoms with E-state index in [0.29, 0.717) is 17.3 Å². The first-order valence-corrected chi connectivity index (χ1v) is 8.58. The molecule has 0 unspecified atom stereocenters. The first-order valence-electron chi connectivity index (χ1n) is 7.76. The molecule has 0 saturated carbocycles. The summed E-state index contributed by atoms with van der Waals surface area (Å²) in [4.78, 5) is 13.1. The minimum atomic E-state index is 0.447. The van der Waals surface area contributed by atoms with Crippen molar-refractivity contribution in [1.82, 2.24) is 15.0 Å². The van der Waals surface area contributed by atoms with Crippen LogP contribution in [0.2, 0.25) is 0 Å². The van der Waals surface area contributed by atoms with Gasteiger partial charge < -0.3 is 16.4 Å². The fraction of sp³-hybridized carbons (Fsp3) is 0.0556. The zero-order valence-corrected chi connectivity index (χ0v) is 14.3. The maximum atomic E-state index is 6.23. The van der Waals surface area contributed by atoms with Gasteiger partial charge in [-0.15, -0.1) is 0 Å². The molecule has 0 atom stereocenters. The number of nitrogens with zero attached hydrogens (tertiary/aromatic N) is 3. The Morgan fingerprint density at radius 1 is 0.920 bits per heavy atom.